The third kappa shape index (κ3) is 22.0. The monoisotopic (exact) mass is 1080 g/mol. The molecule has 0 saturated carbocycles. The smallest absolute Gasteiger partial charge is 0.339 e. The zero-order chi connectivity index (χ0) is 56.0. The molecule has 14 N–H and O–H groups in total. The highest BCUT2D eigenvalue weighted by Gasteiger charge is 2.45. The van der Waals surface area contributed by atoms with Crippen LogP contribution in [0.25, 0.3) is 0 Å². The molecule has 3 fully saturated rings. The van der Waals surface area contributed by atoms with Gasteiger partial charge in [-0.25, -0.2) is 15.1 Å². The van der Waals surface area contributed by atoms with Gasteiger partial charge in [-0.2, -0.15) is 0 Å². The Bertz CT molecular complexity index is 1970. The molecule has 2 bridgehead atoms. The number of urea groups is 1. The zero-order valence-electron chi connectivity index (χ0n) is 43.5. The normalized spacial score (nSPS) is 43.6. The molecule has 2 amide bonds. The number of hydrogen-bond donors (Lipinski definition) is 14. The average Bonchev–Trinajstić information content (AvgIpc) is 3.36. The van der Waals surface area contributed by atoms with E-state index < -0.39 is 160 Å². The molecule has 0 aromatic carbocycles. The molecule has 430 valence electrons. The van der Waals surface area contributed by atoms with Crippen LogP contribution >= 0.6 is 0 Å². The number of hydrogen-bond acceptors (Lipinski definition) is 20. The van der Waals surface area contributed by atoms with Crippen LogP contribution in [-0.4, -0.2) is 196 Å². The second kappa shape index (κ2) is 32.8. The van der Waals surface area contributed by atoms with Crippen LogP contribution in [0.15, 0.2) is 97.7 Å². The Morgan fingerprint density at radius 3 is 1.93 bits per heavy atom. The van der Waals surface area contributed by atoms with Gasteiger partial charge in [0, 0.05) is 50.4 Å². The molecule has 4 aliphatic heterocycles. The maximum absolute atomic E-state index is 13.3. The van der Waals surface area contributed by atoms with Gasteiger partial charge in [0.2, 0.25) is 6.29 Å². The first-order chi connectivity index (χ1) is 36.1. The summed E-state index contributed by atoms with van der Waals surface area (Å²) in [5.74, 6) is -3.76. The van der Waals surface area contributed by atoms with E-state index in [0.717, 1.165) is 0 Å². The van der Waals surface area contributed by atoms with Crippen LogP contribution in [0.5, 0.6) is 0 Å². The zero-order valence-corrected chi connectivity index (χ0v) is 43.5. The molecule has 3 unspecified atom stereocenters. The molecule has 21 atom stereocenters. The molecule has 4 rings (SSSR count). The third-order valence-corrected chi connectivity index (χ3v) is 13.7. The second-order valence-electron chi connectivity index (χ2n) is 20.2. The molecule has 0 aromatic heterocycles. The molecular formula is C54H84N2O20. The summed E-state index contributed by atoms with van der Waals surface area (Å²) < 4.78 is 29.3. The number of aliphatic hydroxyl groups is 12. The number of nitrogens with one attached hydrogen (secondary N) is 2. The van der Waals surface area contributed by atoms with E-state index in [1.165, 1.54) is 6.08 Å². The van der Waals surface area contributed by atoms with Crippen molar-refractivity contribution in [2.75, 3.05) is 6.61 Å². The first kappa shape index (κ1) is 64.5. The number of fused-ring (bicyclic) bond motifs is 2. The van der Waals surface area contributed by atoms with Gasteiger partial charge in [0.05, 0.1) is 86.2 Å². The first-order valence-electron chi connectivity index (χ1n) is 26.1. The molecule has 4 heterocycles. The molecule has 0 radical (unpaired) electrons. The van der Waals surface area contributed by atoms with Crippen molar-refractivity contribution in [3.8, 4) is 0 Å². The summed E-state index contributed by atoms with van der Waals surface area (Å²) in [4.78, 5) is 31.5. The van der Waals surface area contributed by atoms with Gasteiger partial charge in [-0.15, -0.1) is 0 Å². The number of ether oxygens (including phenoxy) is 5. The predicted molar refractivity (Wildman–Crippen MR) is 275 cm³/mol. The molecule has 0 spiro atoms. The number of carbonyl (C=O) groups is 2. The molecule has 22 heteroatoms. The van der Waals surface area contributed by atoms with Crippen molar-refractivity contribution in [2.24, 2.45) is 11.8 Å². The average molecular weight is 1080 g/mol. The molecule has 76 heavy (non-hydrogen) atoms. The van der Waals surface area contributed by atoms with E-state index in [1.54, 1.807) is 80.7 Å². The Hall–Kier alpha value is -4.02. The number of hydroxylamine groups is 1. The summed E-state index contributed by atoms with van der Waals surface area (Å²) in [6, 6.07) is -1.84. The lowest BCUT2D eigenvalue weighted by atomic mass is 9.88. The Morgan fingerprint density at radius 1 is 0.697 bits per heavy atom. The van der Waals surface area contributed by atoms with Crippen molar-refractivity contribution >= 4 is 12.0 Å². The Kier molecular flexibility index (Phi) is 27.8. The van der Waals surface area contributed by atoms with Gasteiger partial charge in [0.15, 0.2) is 12.1 Å². The van der Waals surface area contributed by atoms with E-state index in [0.29, 0.717) is 0 Å². The van der Waals surface area contributed by atoms with Gasteiger partial charge >= 0.3 is 12.0 Å². The van der Waals surface area contributed by atoms with Gasteiger partial charge in [-0.05, 0) is 32.6 Å². The summed E-state index contributed by atoms with van der Waals surface area (Å²) in [5, 5.41) is 131. The number of aliphatic hydroxyl groups excluding tert-OH is 11. The highest BCUT2D eigenvalue weighted by Crippen LogP contribution is 2.35. The largest absolute Gasteiger partial charge is 0.458 e. The lowest BCUT2D eigenvalue weighted by Crippen LogP contribution is -2.58. The molecule has 0 aromatic rings. The van der Waals surface area contributed by atoms with Gasteiger partial charge in [0.1, 0.15) is 24.4 Å². The highest BCUT2D eigenvalue weighted by molar-refractivity contribution is 5.73. The van der Waals surface area contributed by atoms with Gasteiger partial charge < -0.3 is 90.3 Å². The van der Waals surface area contributed by atoms with E-state index >= 15 is 0 Å². The summed E-state index contributed by atoms with van der Waals surface area (Å²) in [6.07, 6.45) is 3.49. The van der Waals surface area contributed by atoms with Crippen LogP contribution in [0, 0.1) is 11.8 Å². The minimum atomic E-state index is -2.08. The fourth-order valence-corrected chi connectivity index (χ4v) is 9.18. The maximum atomic E-state index is 13.3. The van der Waals surface area contributed by atoms with Gasteiger partial charge in [-0.3, -0.25) is 4.79 Å². The molecule has 3 saturated heterocycles. The molecule has 0 aliphatic carbocycles. The van der Waals surface area contributed by atoms with Crippen LogP contribution in [0.2, 0.25) is 0 Å². The van der Waals surface area contributed by atoms with Crippen LogP contribution in [0.3, 0.4) is 0 Å². The first-order valence-corrected chi connectivity index (χ1v) is 26.1. The number of esters is 1. The number of allylic oxidation sites excluding steroid dienone is 12. The van der Waals surface area contributed by atoms with Crippen LogP contribution in [0.1, 0.15) is 91.4 Å². The van der Waals surface area contributed by atoms with Crippen molar-refractivity contribution in [1.29, 1.82) is 0 Å². The van der Waals surface area contributed by atoms with Crippen molar-refractivity contribution in [1.82, 2.24) is 10.8 Å². The van der Waals surface area contributed by atoms with Crippen molar-refractivity contribution in [3.05, 3.63) is 97.7 Å². The highest BCUT2D eigenvalue weighted by atomic mass is 16.8. The van der Waals surface area contributed by atoms with Gasteiger partial charge in [0.25, 0.3) is 0 Å². The number of rotatable bonds is 7. The Balaban J connectivity index is 1.57. The minimum Gasteiger partial charge on any atom is -0.458 e. The lowest BCUT2D eigenvalue weighted by Gasteiger charge is -2.44. The fourth-order valence-electron chi connectivity index (χ4n) is 9.18. The van der Waals surface area contributed by atoms with E-state index in [2.05, 4.69) is 17.4 Å². The number of carbonyl (C=O) groups excluding carboxylic acids is 2. The standard InChI is InChI=1S/C54H84N2O20/c1-5-46-33(3)50(68)32(2)18-16-14-12-10-8-6-7-9-11-13-15-17-19-38(72-51-44(65)28-41(62)34(4)71-51)27-47-39(55-53(69)56-76-52-45(66)29-43(64)48(31-57)74-52)22-23-54(70,75-47)30-37(60)25-42(63)40(61)21-20-35(58)24-36(59)26-49(67)73-46/h5-19,32-48,50-52,57-66,68,70H,1,20-31H2,2-4H3,(H2,55,56,69)/b7-6+,10-8+,11-9+,14-12+,15-13+,18-16+,19-17+/t32-,33-,34+,35+,36+,37-,38-,39+,40+,41-,42+,43-,44-,45?,46-,47-,48?,50+,51?,52-,54-/m0/s1. The lowest BCUT2D eigenvalue weighted by molar-refractivity contribution is -0.290. The second-order valence-corrected chi connectivity index (χ2v) is 20.2. The van der Waals surface area contributed by atoms with Crippen molar-refractivity contribution in [2.45, 2.75) is 207 Å². The predicted octanol–water partition coefficient (Wildman–Crippen LogP) is 0.698. The van der Waals surface area contributed by atoms with Crippen molar-refractivity contribution in [3.63, 3.8) is 0 Å². The molecular weight excluding hydrogens is 997 g/mol. The topological polar surface area (TPSA) is 356 Å². The van der Waals surface area contributed by atoms with E-state index in [4.69, 9.17) is 28.5 Å². The molecule has 22 nitrogen and oxygen atoms in total. The summed E-state index contributed by atoms with van der Waals surface area (Å²) in [7, 11) is 0. The quantitative estimate of drug-likeness (QED) is 0.0948. The van der Waals surface area contributed by atoms with Crippen LogP contribution < -0.4 is 10.8 Å². The Morgan fingerprint density at radius 2 is 1.30 bits per heavy atom. The van der Waals surface area contributed by atoms with E-state index in [1.807, 2.05) is 25.2 Å². The van der Waals surface area contributed by atoms with Crippen LogP contribution in [0.4, 0.5) is 4.79 Å². The third-order valence-electron chi connectivity index (χ3n) is 13.7. The number of amides is 2. The SMILES string of the molecule is C=C[C@@H]1OC(=O)C[C@H](O)C[C@H](O)CC[C@@H](O)[C@H](O)C[C@H](O)C[C@]2(O)CC[C@@H](NC(=O)NO[C@@H]3OC(CO)[C@@H](O)CC3O)[C@H](C[C@@H](OC3O[C@H](C)[C@@H](O)C[C@@H]3O)/C=C/C=C/C=C/C=C/C=C/C=C/C=C/[C@H](C)[C@@H](O)[C@H]1C)O2. The fraction of sp³-hybridized carbons (Fsp3) is 0.667. The van der Waals surface area contributed by atoms with Gasteiger partial charge in [-0.1, -0.05) is 112 Å². The summed E-state index contributed by atoms with van der Waals surface area (Å²) in [6.45, 7) is 8.29. The summed E-state index contributed by atoms with van der Waals surface area (Å²) >= 11 is 0. The van der Waals surface area contributed by atoms with E-state index in [9.17, 15) is 70.9 Å². The van der Waals surface area contributed by atoms with Crippen molar-refractivity contribution < 1.29 is 99.4 Å². The minimum absolute atomic E-state index is 0.0224. The van der Waals surface area contributed by atoms with Crippen LogP contribution in [-0.2, 0) is 33.3 Å². The Labute approximate surface area is 444 Å². The molecule has 4 aliphatic rings. The number of cyclic esters (lactones) is 1. The summed E-state index contributed by atoms with van der Waals surface area (Å²) in [5.41, 5.74) is 2.14. The maximum Gasteiger partial charge on any atom is 0.339 e. The van der Waals surface area contributed by atoms with E-state index in [-0.39, 0.29) is 57.3 Å².